The van der Waals surface area contributed by atoms with E-state index in [4.69, 9.17) is 14.2 Å². The SMILES string of the molecule is COc1cc(OC)c(C(=O)NC2CCN(C(C)C)CC2)cc1OC. The fraction of sp³-hybridized carbons (Fsp3) is 0.611. The number of benzene rings is 1. The van der Waals surface area contributed by atoms with Gasteiger partial charge in [0.15, 0.2) is 11.5 Å². The normalized spacial score (nSPS) is 16.1. The van der Waals surface area contributed by atoms with E-state index in [1.807, 2.05) is 0 Å². The number of methoxy groups -OCH3 is 3. The van der Waals surface area contributed by atoms with Crippen LogP contribution in [0.2, 0.25) is 0 Å². The number of amides is 1. The van der Waals surface area contributed by atoms with Crippen molar-refractivity contribution >= 4 is 5.91 Å². The zero-order chi connectivity index (χ0) is 17.7. The third kappa shape index (κ3) is 4.12. The van der Waals surface area contributed by atoms with Gasteiger partial charge in [0.05, 0.1) is 26.9 Å². The van der Waals surface area contributed by atoms with Crippen LogP contribution in [0.4, 0.5) is 0 Å². The van der Waals surface area contributed by atoms with E-state index in [-0.39, 0.29) is 11.9 Å². The van der Waals surface area contributed by atoms with Crippen molar-refractivity contribution in [1.29, 1.82) is 0 Å². The molecule has 0 aliphatic carbocycles. The van der Waals surface area contributed by atoms with Gasteiger partial charge in [0.2, 0.25) is 0 Å². The summed E-state index contributed by atoms with van der Waals surface area (Å²) in [6, 6.07) is 4.07. The Labute approximate surface area is 144 Å². The fourth-order valence-electron chi connectivity index (χ4n) is 3.03. The van der Waals surface area contributed by atoms with Gasteiger partial charge >= 0.3 is 0 Å². The lowest BCUT2D eigenvalue weighted by Crippen LogP contribution is -2.46. The van der Waals surface area contributed by atoms with Crippen molar-refractivity contribution in [2.45, 2.75) is 38.8 Å². The zero-order valence-electron chi connectivity index (χ0n) is 15.2. The van der Waals surface area contributed by atoms with Crippen molar-refractivity contribution in [1.82, 2.24) is 10.2 Å². The quantitative estimate of drug-likeness (QED) is 0.864. The Kier molecular flexibility index (Phi) is 6.31. The molecule has 1 aromatic rings. The van der Waals surface area contributed by atoms with Gasteiger partial charge in [-0.1, -0.05) is 0 Å². The molecule has 1 aromatic carbocycles. The molecule has 6 nitrogen and oxygen atoms in total. The molecule has 1 heterocycles. The predicted octanol–water partition coefficient (Wildman–Crippen LogP) is 2.31. The monoisotopic (exact) mass is 336 g/mol. The molecule has 0 unspecified atom stereocenters. The van der Waals surface area contributed by atoms with Gasteiger partial charge in [-0.05, 0) is 26.7 Å². The molecule has 1 saturated heterocycles. The van der Waals surface area contributed by atoms with E-state index in [2.05, 4.69) is 24.1 Å². The number of likely N-dealkylation sites (tertiary alicyclic amines) is 1. The van der Waals surface area contributed by atoms with Gasteiger partial charge < -0.3 is 24.4 Å². The molecule has 0 atom stereocenters. The Morgan fingerprint density at radius 2 is 1.58 bits per heavy atom. The molecule has 0 saturated carbocycles. The van der Waals surface area contributed by atoms with Gasteiger partial charge in [-0.2, -0.15) is 0 Å². The Morgan fingerprint density at radius 1 is 1.04 bits per heavy atom. The molecule has 1 N–H and O–H groups in total. The first-order valence-electron chi connectivity index (χ1n) is 8.35. The minimum Gasteiger partial charge on any atom is -0.496 e. The average Bonchev–Trinajstić information content (AvgIpc) is 2.60. The molecule has 0 aromatic heterocycles. The maximum absolute atomic E-state index is 12.7. The van der Waals surface area contributed by atoms with E-state index in [0.717, 1.165) is 25.9 Å². The van der Waals surface area contributed by atoms with Crippen molar-refractivity contribution in [2.75, 3.05) is 34.4 Å². The predicted molar refractivity (Wildman–Crippen MR) is 93.3 cm³/mol. The van der Waals surface area contributed by atoms with Crippen molar-refractivity contribution in [3.63, 3.8) is 0 Å². The average molecular weight is 336 g/mol. The second kappa shape index (κ2) is 8.24. The van der Waals surface area contributed by atoms with E-state index in [0.29, 0.717) is 28.9 Å². The van der Waals surface area contributed by atoms with Crippen molar-refractivity contribution in [3.8, 4) is 17.2 Å². The van der Waals surface area contributed by atoms with Crippen LogP contribution in [-0.2, 0) is 0 Å². The molecular formula is C18H28N2O4. The Balaban J connectivity index is 2.09. The van der Waals surface area contributed by atoms with Gasteiger partial charge in [0.25, 0.3) is 5.91 Å². The summed E-state index contributed by atoms with van der Waals surface area (Å²) >= 11 is 0. The third-order valence-corrected chi connectivity index (χ3v) is 4.55. The minimum atomic E-state index is -0.143. The Bertz CT molecular complexity index is 566. The smallest absolute Gasteiger partial charge is 0.255 e. The second-order valence-corrected chi connectivity index (χ2v) is 6.28. The molecule has 2 rings (SSSR count). The summed E-state index contributed by atoms with van der Waals surface area (Å²) in [7, 11) is 4.65. The van der Waals surface area contributed by atoms with Gasteiger partial charge in [-0.25, -0.2) is 0 Å². The van der Waals surface area contributed by atoms with Crippen LogP contribution < -0.4 is 19.5 Å². The number of hydrogen-bond acceptors (Lipinski definition) is 5. The number of nitrogens with zero attached hydrogens (tertiary/aromatic N) is 1. The number of piperidine rings is 1. The van der Waals surface area contributed by atoms with Crippen molar-refractivity contribution in [3.05, 3.63) is 17.7 Å². The number of ether oxygens (including phenoxy) is 3. The highest BCUT2D eigenvalue weighted by Gasteiger charge is 2.24. The molecule has 134 valence electrons. The highest BCUT2D eigenvalue weighted by molar-refractivity contribution is 5.98. The van der Waals surface area contributed by atoms with Gasteiger partial charge in [0, 0.05) is 37.3 Å². The first kappa shape index (κ1) is 18.4. The molecule has 6 heteroatoms. The molecule has 1 amide bonds. The van der Waals surface area contributed by atoms with Crippen molar-refractivity contribution in [2.24, 2.45) is 0 Å². The maximum Gasteiger partial charge on any atom is 0.255 e. The summed E-state index contributed by atoms with van der Waals surface area (Å²) < 4.78 is 15.9. The summed E-state index contributed by atoms with van der Waals surface area (Å²) in [6.45, 7) is 6.41. The first-order valence-corrected chi connectivity index (χ1v) is 8.35. The van der Waals surface area contributed by atoms with Crippen LogP contribution in [0.25, 0.3) is 0 Å². The van der Waals surface area contributed by atoms with E-state index in [1.165, 1.54) is 0 Å². The molecular weight excluding hydrogens is 308 g/mol. The summed E-state index contributed by atoms with van der Waals surface area (Å²) in [6.07, 6.45) is 1.92. The largest absolute Gasteiger partial charge is 0.496 e. The molecule has 1 fully saturated rings. The Morgan fingerprint density at radius 3 is 2.08 bits per heavy atom. The molecule has 0 spiro atoms. The highest BCUT2D eigenvalue weighted by atomic mass is 16.5. The van der Waals surface area contributed by atoms with Crippen LogP contribution in [0.5, 0.6) is 17.2 Å². The van der Waals surface area contributed by atoms with Crippen LogP contribution in [0.15, 0.2) is 12.1 Å². The zero-order valence-corrected chi connectivity index (χ0v) is 15.2. The number of carbonyl (C=O) groups excluding carboxylic acids is 1. The number of hydrogen-bond donors (Lipinski definition) is 1. The van der Waals surface area contributed by atoms with Crippen LogP contribution in [-0.4, -0.2) is 57.3 Å². The lowest BCUT2D eigenvalue weighted by molar-refractivity contribution is 0.0897. The van der Waals surface area contributed by atoms with E-state index in [1.54, 1.807) is 33.5 Å². The highest BCUT2D eigenvalue weighted by Crippen LogP contribution is 2.34. The summed E-state index contributed by atoms with van der Waals surface area (Å²) in [5.74, 6) is 1.38. The number of carbonyl (C=O) groups is 1. The van der Waals surface area contributed by atoms with Gasteiger partial charge in [0.1, 0.15) is 5.75 Å². The van der Waals surface area contributed by atoms with Crippen LogP contribution in [0, 0.1) is 0 Å². The summed E-state index contributed by atoms with van der Waals surface area (Å²) in [5, 5.41) is 3.12. The third-order valence-electron chi connectivity index (χ3n) is 4.55. The second-order valence-electron chi connectivity index (χ2n) is 6.28. The molecule has 24 heavy (non-hydrogen) atoms. The summed E-state index contributed by atoms with van der Waals surface area (Å²) in [5.41, 5.74) is 0.460. The topological polar surface area (TPSA) is 60.0 Å². The lowest BCUT2D eigenvalue weighted by Gasteiger charge is -2.34. The molecule has 1 aliphatic heterocycles. The Hall–Kier alpha value is -1.95. The summed E-state index contributed by atoms with van der Waals surface area (Å²) in [4.78, 5) is 15.1. The minimum absolute atomic E-state index is 0.143. The molecule has 0 bridgehead atoms. The lowest BCUT2D eigenvalue weighted by atomic mass is 10.0. The first-order chi connectivity index (χ1) is 11.5. The van der Waals surface area contributed by atoms with Crippen molar-refractivity contribution < 1.29 is 19.0 Å². The van der Waals surface area contributed by atoms with E-state index in [9.17, 15) is 4.79 Å². The number of nitrogens with one attached hydrogen (secondary N) is 1. The van der Waals surface area contributed by atoms with Crippen LogP contribution >= 0.6 is 0 Å². The van der Waals surface area contributed by atoms with Gasteiger partial charge in [-0.15, -0.1) is 0 Å². The molecule has 0 radical (unpaired) electrons. The fourth-order valence-corrected chi connectivity index (χ4v) is 3.03. The van der Waals surface area contributed by atoms with Crippen LogP contribution in [0.1, 0.15) is 37.0 Å². The maximum atomic E-state index is 12.7. The number of rotatable bonds is 6. The molecule has 1 aliphatic rings. The standard InChI is InChI=1S/C18H28N2O4/c1-12(2)20-8-6-13(7-9-20)19-18(21)14-10-16(23-4)17(24-5)11-15(14)22-3/h10-13H,6-9H2,1-5H3,(H,19,21). The van der Waals surface area contributed by atoms with E-state index < -0.39 is 0 Å². The van der Waals surface area contributed by atoms with Gasteiger partial charge in [-0.3, -0.25) is 4.79 Å². The van der Waals surface area contributed by atoms with Crippen LogP contribution in [0.3, 0.4) is 0 Å². The van der Waals surface area contributed by atoms with E-state index >= 15 is 0 Å².